The van der Waals surface area contributed by atoms with Gasteiger partial charge in [-0.05, 0) is 18.2 Å². The van der Waals surface area contributed by atoms with Crippen molar-refractivity contribution < 1.29 is 8.78 Å². The average Bonchev–Trinajstić information content (AvgIpc) is 2.28. The molecule has 0 aliphatic heterocycles. The molecule has 1 aromatic carbocycles. The molecule has 2 rings (SSSR count). The largest absolute Gasteiger partial charge is 0.397 e. The molecule has 0 aliphatic rings. The second kappa shape index (κ2) is 4.89. The van der Waals surface area contributed by atoms with Crippen LogP contribution < -0.4 is 5.73 Å². The summed E-state index contributed by atoms with van der Waals surface area (Å²) >= 11 is 6.86. The summed E-state index contributed by atoms with van der Waals surface area (Å²) in [5.74, 6) is -1.04. The summed E-state index contributed by atoms with van der Waals surface area (Å²) < 4.78 is 26.4. The van der Waals surface area contributed by atoms with Crippen molar-refractivity contribution in [3.63, 3.8) is 0 Å². The number of hydrogen-bond acceptors (Lipinski definition) is 3. The molecule has 0 atom stereocenters. The smallest absolute Gasteiger partial charge is 0.137 e. The van der Waals surface area contributed by atoms with E-state index in [2.05, 4.69) is 4.98 Å². The molecule has 0 bridgehead atoms. The fourth-order valence-electron chi connectivity index (χ4n) is 1.21. The van der Waals surface area contributed by atoms with Crippen LogP contribution in [0.5, 0.6) is 0 Å². The highest BCUT2D eigenvalue weighted by Crippen LogP contribution is 2.38. The molecule has 0 fully saturated rings. The number of aromatic nitrogens is 1. The van der Waals surface area contributed by atoms with Gasteiger partial charge in [-0.3, -0.25) is 4.98 Å². The van der Waals surface area contributed by atoms with Gasteiger partial charge in [0.1, 0.15) is 11.6 Å². The molecule has 1 heterocycles. The molecule has 0 spiro atoms. The molecule has 2 nitrogen and oxygen atoms in total. The minimum Gasteiger partial charge on any atom is -0.397 e. The van der Waals surface area contributed by atoms with Gasteiger partial charge < -0.3 is 5.73 Å². The molecule has 88 valence electrons. The van der Waals surface area contributed by atoms with Gasteiger partial charge in [0.15, 0.2) is 0 Å². The second-order valence-corrected chi connectivity index (χ2v) is 4.68. The van der Waals surface area contributed by atoms with Crippen LogP contribution in [-0.4, -0.2) is 4.98 Å². The Morgan fingerprint density at radius 3 is 2.71 bits per heavy atom. The number of nitrogens with zero attached hydrogens (tertiary/aromatic N) is 1. The Morgan fingerprint density at radius 1 is 1.24 bits per heavy atom. The van der Waals surface area contributed by atoms with Crippen molar-refractivity contribution in [3.8, 4) is 0 Å². The van der Waals surface area contributed by atoms with E-state index >= 15 is 0 Å². The molecule has 0 saturated heterocycles. The van der Waals surface area contributed by atoms with Gasteiger partial charge in [0.2, 0.25) is 0 Å². The predicted molar refractivity (Wildman–Crippen MR) is 64.1 cm³/mol. The Morgan fingerprint density at radius 2 is 2.00 bits per heavy atom. The zero-order valence-corrected chi connectivity index (χ0v) is 10.0. The summed E-state index contributed by atoms with van der Waals surface area (Å²) in [6.07, 6.45) is 2.81. The first-order chi connectivity index (χ1) is 8.08. The van der Waals surface area contributed by atoms with Crippen molar-refractivity contribution in [1.29, 1.82) is 0 Å². The lowest BCUT2D eigenvalue weighted by Crippen LogP contribution is -1.92. The van der Waals surface area contributed by atoms with E-state index in [1.54, 1.807) is 0 Å². The van der Waals surface area contributed by atoms with E-state index in [1.165, 1.54) is 12.4 Å². The average molecular weight is 273 g/mol. The Bertz CT molecular complexity index is 543. The molecule has 0 aliphatic carbocycles. The summed E-state index contributed by atoms with van der Waals surface area (Å²) in [5, 5.41) is 0.304. The number of pyridine rings is 1. The van der Waals surface area contributed by atoms with Crippen LogP contribution in [-0.2, 0) is 0 Å². The highest BCUT2D eigenvalue weighted by molar-refractivity contribution is 7.99. The highest BCUT2D eigenvalue weighted by atomic mass is 35.5. The van der Waals surface area contributed by atoms with Gasteiger partial charge >= 0.3 is 0 Å². The number of anilines is 1. The van der Waals surface area contributed by atoms with Gasteiger partial charge in [-0.2, -0.15) is 0 Å². The molecule has 6 heteroatoms. The van der Waals surface area contributed by atoms with Gasteiger partial charge in [-0.1, -0.05) is 23.4 Å². The summed E-state index contributed by atoms with van der Waals surface area (Å²) in [6.45, 7) is 0. The van der Waals surface area contributed by atoms with Crippen LogP contribution in [0.15, 0.2) is 40.4 Å². The summed E-state index contributed by atoms with van der Waals surface area (Å²) in [5.41, 5.74) is 6.00. The van der Waals surface area contributed by atoms with Crippen LogP contribution in [0.25, 0.3) is 0 Å². The minimum atomic E-state index is -0.524. The first kappa shape index (κ1) is 12.1. The lowest BCUT2D eigenvalue weighted by molar-refractivity contribution is 0.577. The Balaban J connectivity index is 2.41. The Labute approximate surface area is 106 Å². The highest BCUT2D eigenvalue weighted by Gasteiger charge is 2.11. The third kappa shape index (κ3) is 2.68. The van der Waals surface area contributed by atoms with Crippen molar-refractivity contribution in [3.05, 3.63) is 47.2 Å². The normalized spacial score (nSPS) is 10.5. The molecule has 0 unspecified atom stereocenters. The van der Waals surface area contributed by atoms with E-state index < -0.39 is 11.6 Å². The zero-order chi connectivity index (χ0) is 12.4. The second-order valence-electron chi connectivity index (χ2n) is 3.22. The molecule has 2 aromatic rings. The van der Waals surface area contributed by atoms with Gasteiger partial charge in [-0.15, -0.1) is 0 Å². The number of hydrogen-bond donors (Lipinski definition) is 1. The van der Waals surface area contributed by atoms with Gasteiger partial charge in [0, 0.05) is 6.20 Å². The van der Waals surface area contributed by atoms with E-state index in [0.717, 1.165) is 30.0 Å². The maximum atomic E-state index is 13.4. The molecule has 0 saturated carbocycles. The van der Waals surface area contributed by atoms with Crippen molar-refractivity contribution in [2.45, 2.75) is 9.79 Å². The topological polar surface area (TPSA) is 38.9 Å². The maximum absolute atomic E-state index is 13.4. The fraction of sp³-hybridized carbons (Fsp3) is 0. The Hall–Kier alpha value is -1.33. The number of nitrogen functional groups attached to an aromatic ring is 1. The third-order valence-electron chi connectivity index (χ3n) is 1.99. The SMILES string of the molecule is Nc1cncc(Cl)c1Sc1cc(F)ccc1F. The Kier molecular flexibility index (Phi) is 3.49. The number of benzene rings is 1. The van der Waals surface area contributed by atoms with Crippen LogP contribution in [0, 0.1) is 11.6 Å². The molecule has 2 N–H and O–H groups in total. The first-order valence-corrected chi connectivity index (χ1v) is 5.79. The van der Waals surface area contributed by atoms with Crippen LogP contribution in [0.4, 0.5) is 14.5 Å². The molecule has 0 radical (unpaired) electrons. The van der Waals surface area contributed by atoms with E-state index in [4.69, 9.17) is 17.3 Å². The lowest BCUT2D eigenvalue weighted by atomic mass is 10.3. The van der Waals surface area contributed by atoms with Gasteiger partial charge in [-0.25, -0.2) is 8.78 Å². The lowest BCUT2D eigenvalue weighted by Gasteiger charge is -2.07. The molecule has 0 amide bonds. The number of nitrogens with two attached hydrogens (primary N) is 1. The van der Waals surface area contributed by atoms with E-state index in [1.807, 2.05) is 0 Å². The fourth-order valence-corrected chi connectivity index (χ4v) is 2.37. The third-order valence-corrected chi connectivity index (χ3v) is 3.58. The first-order valence-electron chi connectivity index (χ1n) is 4.60. The van der Waals surface area contributed by atoms with E-state index in [-0.39, 0.29) is 4.90 Å². The summed E-state index contributed by atoms with van der Waals surface area (Å²) in [6, 6.07) is 3.20. The molecular formula is C11H7ClF2N2S. The van der Waals surface area contributed by atoms with Crippen molar-refractivity contribution >= 4 is 29.1 Å². The number of rotatable bonds is 2. The molecule has 1 aromatic heterocycles. The van der Waals surface area contributed by atoms with Crippen LogP contribution in [0.2, 0.25) is 5.02 Å². The van der Waals surface area contributed by atoms with Gasteiger partial charge in [0.25, 0.3) is 0 Å². The quantitative estimate of drug-likeness (QED) is 0.905. The van der Waals surface area contributed by atoms with E-state index in [9.17, 15) is 8.78 Å². The van der Waals surface area contributed by atoms with Crippen LogP contribution in [0.3, 0.4) is 0 Å². The summed E-state index contributed by atoms with van der Waals surface area (Å²) in [4.78, 5) is 4.38. The van der Waals surface area contributed by atoms with Crippen molar-refractivity contribution in [2.24, 2.45) is 0 Å². The maximum Gasteiger partial charge on any atom is 0.137 e. The van der Waals surface area contributed by atoms with Crippen molar-refractivity contribution in [2.75, 3.05) is 5.73 Å². The molecule has 17 heavy (non-hydrogen) atoms. The van der Waals surface area contributed by atoms with Crippen LogP contribution >= 0.6 is 23.4 Å². The van der Waals surface area contributed by atoms with Gasteiger partial charge in [0.05, 0.1) is 26.7 Å². The predicted octanol–water partition coefficient (Wildman–Crippen LogP) is 3.75. The van der Waals surface area contributed by atoms with E-state index in [0.29, 0.717) is 15.6 Å². The summed E-state index contributed by atoms with van der Waals surface area (Å²) in [7, 11) is 0. The molecular weight excluding hydrogens is 266 g/mol. The monoisotopic (exact) mass is 272 g/mol. The number of halogens is 3. The minimum absolute atomic E-state index is 0.129. The standard InChI is InChI=1S/C11H7ClF2N2S/c12-7-4-16-5-9(15)11(7)17-10-3-6(13)1-2-8(10)14/h1-5H,15H2. The van der Waals surface area contributed by atoms with Crippen molar-refractivity contribution in [1.82, 2.24) is 4.98 Å². The van der Waals surface area contributed by atoms with Crippen LogP contribution in [0.1, 0.15) is 0 Å². The zero-order valence-electron chi connectivity index (χ0n) is 8.45.